The predicted octanol–water partition coefficient (Wildman–Crippen LogP) is 2.73. The van der Waals surface area contributed by atoms with Crippen LogP contribution < -0.4 is 9.64 Å². The van der Waals surface area contributed by atoms with Crippen LogP contribution in [0.25, 0.3) is 0 Å². The van der Waals surface area contributed by atoms with Gasteiger partial charge in [0.05, 0.1) is 17.9 Å². The number of aromatic carboxylic acids is 1. The van der Waals surface area contributed by atoms with Gasteiger partial charge in [0.25, 0.3) is 0 Å². The van der Waals surface area contributed by atoms with E-state index in [4.69, 9.17) is 14.6 Å². The zero-order chi connectivity index (χ0) is 19.1. The van der Waals surface area contributed by atoms with Crippen molar-refractivity contribution in [2.45, 2.75) is 6.54 Å². The molecule has 0 aromatic heterocycles. The number of carboxylic acid groups (broad SMARTS) is 1. The minimum absolute atomic E-state index is 0.341. The Balaban J connectivity index is 1.58. The number of methoxy groups -OCH3 is 1. The van der Waals surface area contributed by atoms with Crippen molar-refractivity contribution in [3.05, 3.63) is 59.7 Å². The Labute approximate surface area is 159 Å². The molecule has 0 saturated carbocycles. The van der Waals surface area contributed by atoms with Crippen LogP contribution in [0.15, 0.2) is 48.5 Å². The molecule has 6 nitrogen and oxygen atoms in total. The lowest BCUT2D eigenvalue weighted by Gasteiger charge is -2.36. The van der Waals surface area contributed by atoms with E-state index in [2.05, 4.69) is 15.9 Å². The molecule has 0 atom stereocenters. The second kappa shape index (κ2) is 9.39. The Bertz CT molecular complexity index is 757. The number of ether oxygens (including phenoxy) is 2. The molecule has 0 unspecified atom stereocenters. The minimum atomic E-state index is -0.883. The molecule has 1 aliphatic rings. The van der Waals surface area contributed by atoms with Gasteiger partial charge in [0.15, 0.2) is 0 Å². The van der Waals surface area contributed by atoms with Crippen molar-refractivity contribution in [3.8, 4) is 5.75 Å². The number of hydrogen-bond acceptors (Lipinski definition) is 5. The molecule has 1 fully saturated rings. The molecule has 1 N–H and O–H groups in total. The summed E-state index contributed by atoms with van der Waals surface area (Å²) in [5, 5.41) is 9.14. The van der Waals surface area contributed by atoms with Crippen molar-refractivity contribution < 1.29 is 19.4 Å². The van der Waals surface area contributed by atoms with E-state index < -0.39 is 5.97 Å². The van der Waals surface area contributed by atoms with E-state index in [1.165, 1.54) is 0 Å². The topological polar surface area (TPSA) is 62.2 Å². The minimum Gasteiger partial charge on any atom is -0.489 e. The second-order valence-electron chi connectivity index (χ2n) is 6.58. The van der Waals surface area contributed by atoms with Crippen LogP contribution in [0.3, 0.4) is 0 Å². The number of carbonyl (C=O) groups is 1. The number of anilines is 1. The largest absolute Gasteiger partial charge is 0.489 e. The fraction of sp³-hybridized carbons (Fsp3) is 0.381. The van der Waals surface area contributed by atoms with Crippen molar-refractivity contribution >= 4 is 11.7 Å². The summed E-state index contributed by atoms with van der Waals surface area (Å²) in [6.45, 7) is 5.52. The first-order valence-electron chi connectivity index (χ1n) is 9.17. The molecule has 144 valence electrons. The first-order valence-corrected chi connectivity index (χ1v) is 9.17. The summed E-state index contributed by atoms with van der Waals surface area (Å²) < 4.78 is 10.9. The average molecular weight is 370 g/mol. The van der Waals surface area contributed by atoms with Gasteiger partial charge in [-0.1, -0.05) is 24.3 Å². The molecule has 1 saturated heterocycles. The summed E-state index contributed by atoms with van der Waals surface area (Å²) in [4.78, 5) is 15.8. The monoisotopic (exact) mass is 370 g/mol. The molecule has 1 aliphatic heterocycles. The molecule has 3 rings (SSSR count). The van der Waals surface area contributed by atoms with Crippen LogP contribution in [0.2, 0.25) is 0 Å². The first kappa shape index (κ1) is 19.2. The Morgan fingerprint density at radius 1 is 1.04 bits per heavy atom. The maximum Gasteiger partial charge on any atom is 0.335 e. The molecular formula is C21H26N2O4. The zero-order valence-corrected chi connectivity index (χ0v) is 15.6. The number of piperazine rings is 1. The SMILES string of the molecule is COCCOc1ccccc1N1CCN(Cc2cccc(C(=O)O)c2)CC1. The molecular weight excluding hydrogens is 344 g/mol. The lowest BCUT2D eigenvalue weighted by Crippen LogP contribution is -2.46. The third-order valence-electron chi connectivity index (χ3n) is 4.70. The van der Waals surface area contributed by atoms with Crippen molar-refractivity contribution in [3.63, 3.8) is 0 Å². The van der Waals surface area contributed by atoms with Gasteiger partial charge < -0.3 is 19.5 Å². The van der Waals surface area contributed by atoms with Gasteiger partial charge in [-0.05, 0) is 29.8 Å². The van der Waals surface area contributed by atoms with Crippen LogP contribution in [0.1, 0.15) is 15.9 Å². The van der Waals surface area contributed by atoms with Crippen molar-refractivity contribution in [2.24, 2.45) is 0 Å². The number of nitrogens with zero attached hydrogens (tertiary/aromatic N) is 2. The summed E-state index contributed by atoms with van der Waals surface area (Å²) in [6, 6.07) is 15.3. The van der Waals surface area contributed by atoms with E-state index in [1.54, 1.807) is 19.2 Å². The lowest BCUT2D eigenvalue weighted by molar-refractivity contribution is 0.0696. The number of benzene rings is 2. The molecule has 0 amide bonds. The van der Waals surface area contributed by atoms with Crippen molar-refractivity contribution in [1.82, 2.24) is 4.90 Å². The molecule has 27 heavy (non-hydrogen) atoms. The van der Waals surface area contributed by atoms with Gasteiger partial charge in [-0.15, -0.1) is 0 Å². The lowest BCUT2D eigenvalue weighted by atomic mass is 10.1. The third kappa shape index (κ3) is 5.21. The van der Waals surface area contributed by atoms with Crippen molar-refractivity contribution in [1.29, 1.82) is 0 Å². The molecule has 2 aromatic carbocycles. The number of hydrogen-bond donors (Lipinski definition) is 1. The van der Waals surface area contributed by atoms with Gasteiger partial charge in [0.2, 0.25) is 0 Å². The van der Waals surface area contributed by atoms with Crippen molar-refractivity contribution in [2.75, 3.05) is 51.4 Å². The van der Waals surface area contributed by atoms with E-state index in [1.807, 2.05) is 30.3 Å². The van der Waals surface area contributed by atoms with E-state index >= 15 is 0 Å². The van der Waals surface area contributed by atoms with Crippen LogP contribution in [-0.2, 0) is 11.3 Å². The zero-order valence-electron chi connectivity index (χ0n) is 15.6. The maximum atomic E-state index is 11.1. The highest BCUT2D eigenvalue weighted by atomic mass is 16.5. The molecule has 0 aliphatic carbocycles. The molecule has 6 heteroatoms. The summed E-state index contributed by atoms with van der Waals surface area (Å²) in [7, 11) is 1.67. The Hall–Kier alpha value is -2.57. The predicted molar refractivity (Wildman–Crippen MR) is 105 cm³/mol. The number of carboxylic acids is 1. The van der Waals surface area contributed by atoms with E-state index in [9.17, 15) is 4.79 Å². The Morgan fingerprint density at radius 3 is 2.56 bits per heavy atom. The fourth-order valence-electron chi connectivity index (χ4n) is 3.28. The average Bonchev–Trinajstić information content (AvgIpc) is 2.69. The Morgan fingerprint density at radius 2 is 1.81 bits per heavy atom. The van der Waals surface area contributed by atoms with Crippen LogP contribution in [-0.4, -0.2) is 62.5 Å². The van der Waals surface area contributed by atoms with Gasteiger partial charge in [0, 0.05) is 39.8 Å². The summed E-state index contributed by atoms with van der Waals surface area (Å²) >= 11 is 0. The molecule has 0 spiro atoms. The van der Waals surface area contributed by atoms with Gasteiger partial charge in [0.1, 0.15) is 12.4 Å². The summed E-state index contributed by atoms with van der Waals surface area (Å²) in [5.41, 5.74) is 2.49. The van der Waals surface area contributed by atoms with Crippen LogP contribution in [0.5, 0.6) is 5.75 Å². The highest BCUT2D eigenvalue weighted by Gasteiger charge is 2.20. The summed E-state index contributed by atoms with van der Waals surface area (Å²) in [5.74, 6) is 0.00362. The van der Waals surface area contributed by atoms with Crippen LogP contribution in [0.4, 0.5) is 5.69 Å². The maximum absolute atomic E-state index is 11.1. The second-order valence-corrected chi connectivity index (χ2v) is 6.58. The van der Waals surface area contributed by atoms with E-state index in [0.717, 1.165) is 49.7 Å². The first-order chi connectivity index (χ1) is 13.2. The Kier molecular flexibility index (Phi) is 6.68. The number of para-hydroxylation sites is 2. The van der Waals surface area contributed by atoms with Crippen LogP contribution >= 0.6 is 0 Å². The highest BCUT2D eigenvalue weighted by Crippen LogP contribution is 2.29. The summed E-state index contributed by atoms with van der Waals surface area (Å²) in [6.07, 6.45) is 0. The third-order valence-corrected chi connectivity index (χ3v) is 4.70. The van der Waals surface area contributed by atoms with Gasteiger partial charge in [-0.25, -0.2) is 4.79 Å². The molecule has 0 bridgehead atoms. The van der Waals surface area contributed by atoms with Gasteiger partial charge in [-0.2, -0.15) is 0 Å². The normalized spacial score (nSPS) is 14.9. The smallest absolute Gasteiger partial charge is 0.335 e. The number of rotatable bonds is 8. The standard InChI is InChI=1S/C21H26N2O4/c1-26-13-14-27-20-8-3-2-7-19(20)23-11-9-22(10-12-23)16-17-5-4-6-18(15-17)21(24)25/h2-8,15H,9-14,16H2,1H3,(H,24,25). The highest BCUT2D eigenvalue weighted by molar-refractivity contribution is 5.87. The molecule has 2 aromatic rings. The van der Waals surface area contributed by atoms with Crippen LogP contribution in [0, 0.1) is 0 Å². The van der Waals surface area contributed by atoms with Gasteiger partial charge in [-0.3, -0.25) is 4.90 Å². The molecule has 0 radical (unpaired) electrons. The van der Waals surface area contributed by atoms with E-state index in [0.29, 0.717) is 18.8 Å². The fourth-order valence-corrected chi connectivity index (χ4v) is 3.28. The quantitative estimate of drug-likeness (QED) is 0.721. The van der Waals surface area contributed by atoms with Gasteiger partial charge >= 0.3 is 5.97 Å². The van der Waals surface area contributed by atoms with E-state index in [-0.39, 0.29) is 0 Å². The molecule has 1 heterocycles.